The highest BCUT2D eigenvalue weighted by atomic mass is 28.4. The number of hydrogen-bond donors (Lipinski definition) is 1. The van der Waals surface area contributed by atoms with Crippen LogP contribution in [0.4, 0.5) is 0 Å². The largest absolute Gasteiger partial charge is 0.525 e. The fourth-order valence-corrected chi connectivity index (χ4v) is 8.21. The topological polar surface area (TPSA) is 67.4 Å². The quantitative estimate of drug-likeness (QED) is 0.237. The number of hydrogen-bond acceptors (Lipinski definition) is 7. The van der Waals surface area contributed by atoms with E-state index in [9.17, 15) is 0 Å². The van der Waals surface area contributed by atoms with Crippen LogP contribution < -0.4 is 5.32 Å². The van der Waals surface area contributed by atoms with Gasteiger partial charge < -0.3 is 31.9 Å². The van der Waals surface area contributed by atoms with E-state index in [4.69, 9.17) is 26.6 Å². The van der Waals surface area contributed by atoms with Gasteiger partial charge in [-0.3, -0.25) is 0 Å². The summed E-state index contributed by atoms with van der Waals surface area (Å²) in [6.07, 6.45) is 1.94. The third kappa shape index (κ3) is 11.7. The van der Waals surface area contributed by atoms with Crippen LogP contribution in [0, 0.1) is 0 Å². The Labute approximate surface area is 169 Å². The molecule has 0 unspecified atom stereocenters. The molecule has 0 amide bonds. The van der Waals surface area contributed by atoms with Gasteiger partial charge in [0.25, 0.3) is 8.80 Å². The van der Waals surface area contributed by atoms with Crippen LogP contribution in [0.25, 0.3) is 0 Å². The fraction of sp³-hybridized carbons (Fsp3) is 1.00. The van der Waals surface area contributed by atoms with Crippen LogP contribution in [-0.2, 0) is 26.6 Å². The smallest absolute Gasteiger partial charge is 0.500 e. The first-order valence-corrected chi connectivity index (χ1v) is 14.5. The van der Waals surface area contributed by atoms with Crippen molar-refractivity contribution in [2.45, 2.75) is 66.5 Å². The molecule has 0 aliphatic rings. The molecule has 0 aliphatic heterocycles. The van der Waals surface area contributed by atoms with Gasteiger partial charge in [0.1, 0.15) is 0 Å². The molecule has 0 saturated heterocycles. The predicted octanol–water partition coefficient (Wildman–Crippen LogP) is 3.45. The Morgan fingerprint density at radius 1 is 0.630 bits per heavy atom. The minimum atomic E-state index is -2.52. The lowest BCUT2D eigenvalue weighted by Gasteiger charge is -2.42. The Morgan fingerprint density at radius 2 is 1.07 bits per heavy atom. The number of nitrogens with one attached hydrogen (secondary N) is 1. The molecule has 1 N–H and O–H groups in total. The summed E-state index contributed by atoms with van der Waals surface area (Å²) in [6, 6.07) is 1.68. The van der Waals surface area contributed by atoms with Crippen LogP contribution >= 0.6 is 0 Å². The maximum atomic E-state index is 5.89. The Balaban J connectivity index is 4.24. The molecule has 0 saturated carbocycles. The van der Waals surface area contributed by atoms with E-state index < -0.39 is 17.6 Å². The van der Waals surface area contributed by atoms with Gasteiger partial charge in [-0.2, -0.15) is 0 Å². The van der Waals surface area contributed by atoms with Gasteiger partial charge in [0.2, 0.25) is 0 Å². The van der Waals surface area contributed by atoms with Crippen LogP contribution in [0.2, 0.25) is 12.1 Å². The van der Waals surface area contributed by atoms with Crippen molar-refractivity contribution in [2.24, 2.45) is 0 Å². The summed E-state index contributed by atoms with van der Waals surface area (Å²) in [4.78, 5) is 0. The van der Waals surface area contributed by atoms with Gasteiger partial charge in [-0.1, -0.05) is 12.5 Å². The summed E-state index contributed by atoms with van der Waals surface area (Å²) in [6.45, 7) is 17.5. The van der Waals surface area contributed by atoms with Gasteiger partial charge >= 0.3 is 8.80 Å². The summed E-state index contributed by atoms with van der Waals surface area (Å²) in [5, 5.41) is 3.49. The average molecular weight is 426 g/mol. The maximum absolute atomic E-state index is 5.89. The van der Waals surface area contributed by atoms with Crippen LogP contribution in [-0.4, -0.2) is 70.3 Å². The molecule has 165 valence electrons. The lowest BCUT2D eigenvalue weighted by molar-refractivity contribution is 0.0705. The Bertz CT molecular complexity index is 275. The lowest BCUT2D eigenvalue weighted by Crippen LogP contribution is -2.46. The monoisotopic (exact) mass is 425 g/mol. The molecule has 7 nitrogen and oxygen atoms in total. The molecule has 0 atom stereocenters. The minimum absolute atomic E-state index is 0.624. The molecule has 0 aromatic rings. The summed E-state index contributed by atoms with van der Waals surface area (Å²) < 4.78 is 35.3. The van der Waals surface area contributed by atoms with Gasteiger partial charge in [-0.15, -0.1) is 0 Å². The molecule has 0 aliphatic carbocycles. The maximum Gasteiger partial charge on any atom is 0.500 e. The van der Waals surface area contributed by atoms with Gasteiger partial charge in [-0.25, -0.2) is 0 Å². The van der Waals surface area contributed by atoms with E-state index in [0.717, 1.165) is 38.0 Å². The van der Waals surface area contributed by atoms with E-state index in [0.29, 0.717) is 39.6 Å². The van der Waals surface area contributed by atoms with Crippen LogP contribution in [0.5, 0.6) is 0 Å². The Hall–Kier alpha value is 0.154. The van der Waals surface area contributed by atoms with Crippen LogP contribution in [0.1, 0.15) is 54.4 Å². The lowest BCUT2D eigenvalue weighted by atomic mass is 10.4. The van der Waals surface area contributed by atoms with E-state index in [2.05, 4.69) is 5.32 Å². The van der Waals surface area contributed by atoms with Crippen molar-refractivity contribution in [3.63, 3.8) is 0 Å². The average Bonchev–Trinajstić information content (AvgIpc) is 2.62. The van der Waals surface area contributed by atoms with Crippen molar-refractivity contribution in [3.05, 3.63) is 0 Å². The second-order valence-corrected chi connectivity index (χ2v) is 11.4. The highest BCUT2D eigenvalue weighted by Crippen LogP contribution is 2.19. The van der Waals surface area contributed by atoms with Crippen molar-refractivity contribution in [2.75, 3.05) is 52.7 Å². The van der Waals surface area contributed by atoms with Gasteiger partial charge in [0.05, 0.1) is 0 Å². The molecule has 0 aromatic heterocycles. The van der Waals surface area contributed by atoms with Crippen LogP contribution in [0.3, 0.4) is 0 Å². The molecular weight excluding hydrogens is 382 g/mol. The van der Waals surface area contributed by atoms with Crippen molar-refractivity contribution in [3.8, 4) is 0 Å². The second kappa shape index (κ2) is 17.0. The highest BCUT2D eigenvalue weighted by Gasteiger charge is 2.39. The Morgan fingerprint density at radius 3 is 1.48 bits per heavy atom. The number of rotatable bonds is 20. The van der Waals surface area contributed by atoms with Crippen molar-refractivity contribution in [1.82, 2.24) is 5.32 Å². The first-order chi connectivity index (χ1) is 13.1. The SMILES string of the molecule is CCO[Si](CCCNCCC[Si-](OCC)(OCC)OCC)(OCC)OCC. The Kier molecular flexibility index (Phi) is 17.1. The zero-order valence-corrected chi connectivity index (χ0v) is 20.4. The first kappa shape index (κ1) is 27.2. The molecule has 0 rings (SSSR count). The third-order valence-electron chi connectivity index (χ3n) is 3.86. The summed E-state index contributed by atoms with van der Waals surface area (Å²) >= 11 is 0. The third-order valence-corrected chi connectivity index (χ3v) is 10.2. The molecule has 9 heteroatoms. The predicted molar refractivity (Wildman–Crippen MR) is 113 cm³/mol. The van der Waals surface area contributed by atoms with E-state index in [1.54, 1.807) is 0 Å². The summed E-state index contributed by atoms with van der Waals surface area (Å²) in [7, 11) is -5.04. The van der Waals surface area contributed by atoms with Crippen LogP contribution in [0.15, 0.2) is 0 Å². The summed E-state index contributed by atoms with van der Waals surface area (Å²) in [5.41, 5.74) is 0. The van der Waals surface area contributed by atoms with Crippen molar-refractivity contribution in [1.29, 1.82) is 0 Å². The zero-order valence-electron chi connectivity index (χ0n) is 18.4. The zero-order chi connectivity index (χ0) is 20.4. The van der Waals surface area contributed by atoms with Gasteiger partial charge in [0.15, 0.2) is 0 Å². The highest BCUT2D eigenvalue weighted by molar-refractivity contribution is 6.61. The molecule has 0 heterocycles. The molecule has 0 bridgehead atoms. The first-order valence-electron chi connectivity index (χ1n) is 10.6. The molecule has 0 spiro atoms. The molecule has 27 heavy (non-hydrogen) atoms. The molecule has 0 radical (unpaired) electrons. The second-order valence-electron chi connectivity index (χ2n) is 5.92. The van der Waals surface area contributed by atoms with Gasteiger partial charge in [-0.05, 0) is 61.1 Å². The fourth-order valence-electron chi connectivity index (χ4n) is 2.99. The van der Waals surface area contributed by atoms with Crippen molar-refractivity contribution < 1.29 is 26.6 Å². The van der Waals surface area contributed by atoms with E-state index in [1.807, 2.05) is 41.5 Å². The van der Waals surface area contributed by atoms with Crippen molar-refractivity contribution >= 4 is 17.6 Å². The molecular formula is C18H43NO6Si2-. The van der Waals surface area contributed by atoms with Gasteiger partial charge in [0, 0.05) is 45.7 Å². The minimum Gasteiger partial charge on any atom is -0.525 e. The standard InChI is InChI=1S/C18H43NO6Si2/c1-7-20-26(21-8-2,22-9-3)17-13-15-19-16-14-18-27(23-10-4,24-11-5)25-12-6/h19H,7-18H2,1-6H3/q-1. The summed E-state index contributed by atoms with van der Waals surface area (Å²) in [5.74, 6) is 0. The van der Waals surface area contributed by atoms with E-state index in [1.165, 1.54) is 0 Å². The van der Waals surface area contributed by atoms with E-state index >= 15 is 0 Å². The van der Waals surface area contributed by atoms with E-state index in [-0.39, 0.29) is 0 Å². The molecule has 0 aromatic carbocycles. The molecule has 0 fully saturated rings. The normalized spacial score (nSPS) is 12.7.